The van der Waals surface area contributed by atoms with Gasteiger partial charge >= 0.3 is 0 Å². The van der Waals surface area contributed by atoms with Gasteiger partial charge in [-0.25, -0.2) is 0 Å². The van der Waals surface area contributed by atoms with Crippen LogP contribution in [-0.2, 0) is 17.9 Å². The zero-order valence-electron chi connectivity index (χ0n) is 9.32. The van der Waals surface area contributed by atoms with Crippen LogP contribution in [0, 0.1) is 19.8 Å². The lowest BCUT2D eigenvalue weighted by Crippen LogP contribution is -2.25. The highest BCUT2D eigenvalue weighted by Gasteiger charge is 2.15. The molecule has 0 radical (unpaired) electrons. The molecule has 3 N–H and O–H groups in total. The summed E-state index contributed by atoms with van der Waals surface area (Å²) in [5.74, 6) is -0.595. The van der Waals surface area contributed by atoms with Gasteiger partial charge in [0, 0.05) is 11.3 Å². The number of rotatable bonds is 4. The predicted octanol–water partition coefficient (Wildman–Crippen LogP) is 0.114. The van der Waals surface area contributed by atoms with Crippen molar-refractivity contribution in [2.45, 2.75) is 33.9 Å². The molecule has 0 aliphatic heterocycles. The molecule has 1 aromatic heterocycles. The van der Waals surface area contributed by atoms with Crippen molar-refractivity contribution in [3.05, 3.63) is 17.0 Å². The summed E-state index contributed by atoms with van der Waals surface area (Å²) in [5, 5.41) is 13.4. The number of aromatic nitrogens is 2. The molecular formula is C10H17N3O2. The van der Waals surface area contributed by atoms with E-state index in [2.05, 4.69) is 5.10 Å². The van der Waals surface area contributed by atoms with E-state index in [0.717, 1.165) is 17.0 Å². The molecule has 1 unspecified atom stereocenters. The summed E-state index contributed by atoms with van der Waals surface area (Å²) in [6.07, 6.45) is 0. The van der Waals surface area contributed by atoms with Crippen molar-refractivity contribution in [3.8, 4) is 0 Å². The number of hydrogen-bond acceptors (Lipinski definition) is 3. The van der Waals surface area contributed by atoms with Crippen molar-refractivity contribution < 1.29 is 9.90 Å². The Kier molecular flexibility index (Phi) is 3.47. The van der Waals surface area contributed by atoms with E-state index in [4.69, 9.17) is 10.8 Å². The summed E-state index contributed by atoms with van der Waals surface area (Å²) in [4.78, 5) is 10.9. The van der Waals surface area contributed by atoms with E-state index in [9.17, 15) is 4.79 Å². The van der Waals surface area contributed by atoms with Gasteiger partial charge in [0.25, 0.3) is 0 Å². The van der Waals surface area contributed by atoms with Crippen molar-refractivity contribution in [2.75, 3.05) is 0 Å². The monoisotopic (exact) mass is 211 g/mol. The fourth-order valence-corrected chi connectivity index (χ4v) is 1.49. The van der Waals surface area contributed by atoms with Gasteiger partial charge in [-0.3, -0.25) is 9.48 Å². The maximum Gasteiger partial charge on any atom is 0.222 e. The van der Waals surface area contributed by atoms with Gasteiger partial charge in [-0.1, -0.05) is 6.92 Å². The first-order valence-electron chi connectivity index (χ1n) is 4.90. The highest BCUT2D eigenvalue weighted by atomic mass is 16.3. The SMILES string of the molecule is Cc1nn(CC(C)C(N)=O)c(C)c1CO. The van der Waals surface area contributed by atoms with Gasteiger partial charge in [-0.2, -0.15) is 5.10 Å². The smallest absolute Gasteiger partial charge is 0.222 e. The van der Waals surface area contributed by atoms with E-state index in [1.165, 1.54) is 0 Å². The Labute approximate surface area is 88.9 Å². The molecule has 5 heteroatoms. The lowest BCUT2D eigenvalue weighted by Gasteiger charge is -2.09. The van der Waals surface area contributed by atoms with E-state index >= 15 is 0 Å². The molecule has 1 aromatic rings. The van der Waals surface area contributed by atoms with Crippen LogP contribution in [0.25, 0.3) is 0 Å². The molecule has 1 heterocycles. The van der Waals surface area contributed by atoms with E-state index in [1.54, 1.807) is 11.6 Å². The van der Waals surface area contributed by atoms with Crippen LogP contribution in [0.4, 0.5) is 0 Å². The number of aliphatic hydroxyl groups excluding tert-OH is 1. The van der Waals surface area contributed by atoms with E-state index in [1.807, 2.05) is 13.8 Å². The van der Waals surface area contributed by atoms with Crippen LogP contribution in [0.3, 0.4) is 0 Å². The number of amides is 1. The van der Waals surface area contributed by atoms with E-state index < -0.39 is 0 Å². The Bertz CT molecular complexity index is 371. The zero-order valence-corrected chi connectivity index (χ0v) is 9.32. The summed E-state index contributed by atoms with van der Waals surface area (Å²) in [5.41, 5.74) is 7.70. The number of nitrogens with zero attached hydrogens (tertiary/aromatic N) is 2. The minimum absolute atomic E-state index is 0.0252. The molecule has 0 bridgehead atoms. The van der Waals surface area contributed by atoms with E-state index in [0.29, 0.717) is 6.54 Å². The number of aryl methyl sites for hydroxylation is 1. The standard InChI is InChI=1S/C10H17N3O2/c1-6(10(11)15)4-13-8(3)9(5-14)7(2)12-13/h6,14H,4-5H2,1-3H3,(H2,11,15). The highest BCUT2D eigenvalue weighted by Crippen LogP contribution is 2.14. The second-order valence-corrected chi connectivity index (χ2v) is 3.79. The minimum atomic E-state index is -0.340. The average molecular weight is 211 g/mol. The summed E-state index contributed by atoms with van der Waals surface area (Å²) < 4.78 is 1.72. The Hall–Kier alpha value is -1.36. The summed E-state index contributed by atoms with van der Waals surface area (Å²) in [7, 11) is 0. The topological polar surface area (TPSA) is 81.1 Å². The number of nitrogens with two attached hydrogens (primary N) is 1. The quantitative estimate of drug-likeness (QED) is 0.741. The van der Waals surface area contributed by atoms with Gasteiger partial charge in [0.05, 0.1) is 24.8 Å². The highest BCUT2D eigenvalue weighted by molar-refractivity contribution is 5.76. The molecule has 0 fully saturated rings. The molecule has 1 amide bonds. The van der Waals surface area contributed by atoms with Crippen molar-refractivity contribution in [3.63, 3.8) is 0 Å². The van der Waals surface area contributed by atoms with Gasteiger partial charge in [0.2, 0.25) is 5.91 Å². The number of hydrogen-bond donors (Lipinski definition) is 2. The Morgan fingerprint density at radius 1 is 1.60 bits per heavy atom. The first-order valence-corrected chi connectivity index (χ1v) is 4.90. The first-order chi connectivity index (χ1) is 6.97. The second-order valence-electron chi connectivity index (χ2n) is 3.79. The second kappa shape index (κ2) is 4.44. The molecule has 5 nitrogen and oxygen atoms in total. The van der Waals surface area contributed by atoms with Crippen molar-refractivity contribution in [1.29, 1.82) is 0 Å². The lowest BCUT2D eigenvalue weighted by molar-refractivity contribution is -0.121. The predicted molar refractivity (Wildman–Crippen MR) is 56.0 cm³/mol. The molecule has 84 valence electrons. The molecule has 1 rings (SSSR count). The number of primary amides is 1. The van der Waals surface area contributed by atoms with Crippen LogP contribution in [0.1, 0.15) is 23.9 Å². The molecular weight excluding hydrogens is 194 g/mol. The van der Waals surface area contributed by atoms with Crippen LogP contribution in [0.2, 0.25) is 0 Å². The summed E-state index contributed by atoms with van der Waals surface area (Å²) >= 11 is 0. The Morgan fingerprint density at radius 2 is 2.20 bits per heavy atom. The molecule has 0 spiro atoms. The largest absolute Gasteiger partial charge is 0.392 e. The van der Waals surface area contributed by atoms with E-state index in [-0.39, 0.29) is 18.4 Å². The van der Waals surface area contributed by atoms with Crippen molar-refractivity contribution in [1.82, 2.24) is 9.78 Å². The average Bonchev–Trinajstić information content (AvgIpc) is 2.41. The Morgan fingerprint density at radius 3 is 2.60 bits per heavy atom. The number of carbonyl (C=O) groups is 1. The number of aliphatic hydroxyl groups is 1. The summed E-state index contributed by atoms with van der Waals surface area (Å²) in [6, 6.07) is 0. The third kappa shape index (κ3) is 2.36. The van der Waals surface area contributed by atoms with Crippen molar-refractivity contribution >= 4 is 5.91 Å². The van der Waals surface area contributed by atoms with Crippen LogP contribution < -0.4 is 5.73 Å². The third-order valence-electron chi connectivity index (χ3n) is 2.62. The summed E-state index contributed by atoms with van der Waals surface area (Å²) in [6.45, 7) is 5.91. The fraction of sp³-hybridized carbons (Fsp3) is 0.600. The van der Waals surface area contributed by atoms with Crippen LogP contribution in [-0.4, -0.2) is 20.8 Å². The normalized spacial score (nSPS) is 12.8. The zero-order chi connectivity index (χ0) is 11.6. The van der Waals surface area contributed by atoms with Crippen LogP contribution in [0.15, 0.2) is 0 Å². The van der Waals surface area contributed by atoms with Gasteiger partial charge in [-0.05, 0) is 13.8 Å². The van der Waals surface area contributed by atoms with Gasteiger partial charge in [0.15, 0.2) is 0 Å². The molecule has 1 atom stereocenters. The fourth-order valence-electron chi connectivity index (χ4n) is 1.49. The van der Waals surface area contributed by atoms with Gasteiger partial charge < -0.3 is 10.8 Å². The van der Waals surface area contributed by atoms with Gasteiger partial charge in [-0.15, -0.1) is 0 Å². The number of carbonyl (C=O) groups excluding carboxylic acids is 1. The first kappa shape index (κ1) is 11.7. The maximum atomic E-state index is 10.9. The third-order valence-corrected chi connectivity index (χ3v) is 2.62. The molecule has 15 heavy (non-hydrogen) atoms. The van der Waals surface area contributed by atoms with Gasteiger partial charge in [0.1, 0.15) is 0 Å². The molecule has 0 aromatic carbocycles. The van der Waals surface area contributed by atoms with Crippen LogP contribution in [0.5, 0.6) is 0 Å². The van der Waals surface area contributed by atoms with Crippen molar-refractivity contribution in [2.24, 2.45) is 11.7 Å². The minimum Gasteiger partial charge on any atom is -0.392 e. The lowest BCUT2D eigenvalue weighted by atomic mass is 10.1. The van der Waals surface area contributed by atoms with Crippen LogP contribution >= 0.6 is 0 Å². The molecule has 0 aliphatic carbocycles. The Balaban J connectivity index is 2.91. The molecule has 0 saturated heterocycles. The molecule has 0 saturated carbocycles. The molecule has 0 aliphatic rings. The maximum absolute atomic E-state index is 10.9.